The number of rotatable bonds is 4. The van der Waals surface area contributed by atoms with Gasteiger partial charge in [-0.2, -0.15) is 11.8 Å². The molecule has 1 aromatic carbocycles. The molecule has 3 nitrogen and oxygen atoms in total. The van der Waals surface area contributed by atoms with Crippen LogP contribution in [0.4, 0.5) is 5.69 Å². The Balaban J connectivity index is 2.61. The summed E-state index contributed by atoms with van der Waals surface area (Å²) >= 11 is 1.53. The molecule has 1 unspecified atom stereocenters. The Morgan fingerprint density at radius 1 is 1.47 bits per heavy atom. The van der Waals surface area contributed by atoms with Crippen molar-refractivity contribution < 1.29 is 4.79 Å². The van der Waals surface area contributed by atoms with E-state index in [0.717, 1.165) is 11.3 Å². The van der Waals surface area contributed by atoms with Gasteiger partial charge < -0.3 is 11.1 Å². The molecule has 0 fully saturated rings. The molecule has 1 atom stereocenters. The lowest BCUT2D eigenvalue weighted by molar-refractivity contribution is -0.115. The van der Waals surface area contributed by atoms with Crippen LogP contribution < -0.4 is 11.1 Å². The van der Waals surface area contributed by atoms with Crippen LogP contribution in [0.3, 0.4) is 0 Å². The summed E-state index contributed by atoms with van der Waals surface area (Å²) in [5, 5.41) is 2.81. The summed E-state index contributed by atoms with van der Waals surface area (Å²) in [6.07, 6.45) is 1.92. The second kappa shape index (κ2) is 5.78. The van der Waals surface area contributed by atoms with Gasteiger partial charge in [-0.25, -0.2) is 0 Å². The summed E-state index contributed by atoms with van der Waals surface area (Å²) in [6.45, 7) is 2.41. The highest BCUT2D eigenvalue weighted by atomic mass is 32.2. The zero-order chi connectivity index (χ0) is 11.3. The minimum atomic E-state index is -0.0285. The Bertz CT molecular complexity index is 324. The summed E-state index contributed by atoms with van der Waals surface area (Å²) in [5.41, 5.74) is 7.36. The molecule has 0 radical (unpaired) electrons. The smallest absolute Gasteiger partial charge is 0.237 e. The van der Waals surface area contributed by atoms with E-state index in [1.165, 1.54) is 11.8 Å². The maximum absolute atomic E-state index is 11.5. The SMILES string of the molecule is CSC(C)C(=O)Nc1ccc(CN)cc1. The zero-order valence-electron chi connectivity index (χ0n) is 8.99. The first kappa shape index (κ1) is 12.1. The molecule has 82 valence electrons. The summed E-state index contributed by atoms with van der Waals surface area (Å²) < 4.78 is 0. The Morgan fingerprint density at radius 2 is 2.07 bits per heavy atom. The molecule has 0 aromatic heterocycles. The molecule has 0 heterocycles. The molecule has 3 N–H and O–H groups in total. The van der Waals surface area contributed by atoms with E-state index in [1.54, 1.807) is 0 Å². The fourth-order valence-electron chi connectivity index (χ4n) is 1.08. The van der Waals surface area contributed by atoms with Gasteiger partial charge in [0.2, 0.25) is 5.91 Å². The standard InChI is InChI=1S/C11H16N2OS/c1-8(15-2)11(14)13-10-5-3-9(7-12)4-6-10/h3-6,8H,7,12H2,1-2H3,(H,13,14). The van der Waals surface area contributed by atoms with Crippen LogP contribution in [0.25, 0.3) is 0 Å². The van der Waals surface area contributed by atoms with E-state index in [2.05, 4.69) is 5.32 Å². The van der Waals surface area contributed by atoms with E-state index in [-0.39, 0.29) is 11.2 Å². The van der Waals surface area contributed by atoms with Crippen molar-refractivity contribution in [3.05, 3.63) is 29.8 Å². The molecule has 0 aliphatic carbocycles. The molecule has 4 heteroatoms. The third-order valence-corrected chi connectivity index (χ3v) is 3.10. The highest BCUT2D eigenvalue weighted by molar-refractivity contribution is 7.99. The van der Waals surface area contributed by atoms with Crippen molar-refractivity contribution in [2.75, 3.05) is 11.6 Å². The highest BCUT2D eigenvalue weighted by Gasteiger charge is 2.10. The lowest BCUT2D eigenvalue weighted by Gasteiger charge is -2.09. The number of hydrogen-bond donors (Lipinski definition) is 2. The summed E-state index contributed by atoms with van der Waals surface area (Å²) in [7, 11) is 0. The van der Waals surface area contributed by atoms with Crippen LogP contribution in [0, 0.1) is 0 Å². The first-order valence-corrected chi connectivity index (χ1v) is 6.09. The first-order chi connectivity index (χ1) is 7.17. The third-order valence-electron chi connectivity index (χ3n) is 2.18. The van der Waals surface area contributed by atoms with Crippen molar-refractivity contribution in [3.63, 3.8) is 0 Å². The minimum Gasteiger partial charge on any atom is -0.326 e. The van der Waals surface area contributed by atoms with Crippen LogP contribution >= 0.6 is 11.8 Å². The number of carbonyl (C=O) groups is 1. The molecular formula is C11H16N2OS. The van der Waals surface area contributed by atoms with Gasteiger partial charge in [-0.15, -0.1) is 0 Å². The Hall–Kier alpha value is -1.00. The number of anilines is 1. The molecule has 1 rings (SSSR count). The predicted molar refractivity (Wildman–Crippen MR) is 65.9 cm³/mol. The van der Waals surface area contributed by atoms with Gasteiger partial charge in [0.1, 0.15) is 0 Å². The van der Waals surface area contributed by atoms with E-state index in [4.69, 9.17) is 5.73 Å². The van der Waals surface area contributed by atoms with Crippen LogP contribution in [-0.2, 0) is 11.3 Å². The quantitative estimate of drug-likeness (QED) is 0.820. The van der Waals surface area contributed by atoms with E-state index in [9.17, 15) is 4.79 Å². The second-order valence-corrected chi connectivity index (χ2v) is 4.45. The fraction of sp³-hybridized carbons (Fsp3) is 0.364. The number of benzene rings is 1. The molecule has 0 saturated heterocycles. The second-order valence-electron chi connectivity index (χ2n) is 3.27. The molecule has 1 aromatic rings. The number of nitrogens with two attached hydrogens (primary N) is 1. The van der Waals surface area contributed by atoms with Gasteiger partial charge in [0.05, 0.1) is 5.25 Å². The monoisotopic (exact) mass is 224 g/mol. The predicted octanol–water partition coefficient (Wildman–Crippen LogP) is 1.84. The summed E-state index contributed by atoms with van der Waals surface area (Å²) in [5.74, 6) is 0.0306. The average molecular weight is 224 g/mol. The zero-order valence-corrected chi connectivity index (χ0v) is 9.80. The van der Waals surface area contributed by atoms with Crippen LogP contribution in [0.2, 0.25) is 0 Å². The molecule has 1 amide bonds. The molecule has 15 heavy (non-hydrogen) atoms. The maximum atomic E-state index is 11.5. The highest BCUT2D eigenvalue weighted by Crippen LogP contribution is 2.12. The Morgan fingerprint density at radius 3 is 2.53 bits per heavy atom. The maximum Gasteiger partial charge on any atom is 0.237 e. The van der Waals surface area contributed by atoms with Gasteiger partial charge in [-0.1, -0.05) is 12.1 Å². The molecule has 0 aliphatic heterocycles. The van der Waals surface area contributed by atoms with E-state index in [1.807, 2.05) is 37.4 Å². The van der Waals surface area contributed by atoms with Crippen molar-refractivity contribution >= 4 is 23.4 Å². The van der Waals surface area contributed by atoms with Crippen LogP contribution in [0.5, 0.6) is 0 Å². The molecule has 0 spiro atoms. The molecule has 0 aliphatic rings. The van der Waals surface area contributed by atoms with Gasteiger partial charge in [0.15, 0.2) is 0 Å². The number of hydrogen-bond acceptors (Lipinski definition) is 3. The summed E-state index contributed by atoms with van der Waals surface area (Å²) in [6, 6.07) is 7.57. The van der Waals surface area contributed by atoms with Gasteiger partial charge in [0, 0.05) is 12.2 Å². The van der Waals surface area contributed by atoms with Crippen LogP contribution in [0.1, 0.15) is 12.5 Å². The van der Waals surface area contributed by atoms with Crippen molar-refractivity contribution in [1.82, 2.24) is 0 Å². The third kappa shape index (κ3) is 3.57. The number of thioether (sulfide) groups is 1. The van der Waals surface area contributed by atoms with Gasteiger partial charge >= 0.3 is 0 Å². The lowest BCUT2D eigenvalue weighted by Crippen LogP contribution is -2.21. The lowest BCUT2D eigenvalue weighted by atomic mass is 10.2. The first-order valence-electron chi connectivity index (χ1n) is 4.80. The summed E-state index contributed by atoms with van der Waals surface area (Å²) in [4.78, 5) is 11.5. The van der Waals surface area contributed by atoms with E-state index < -0.39 is 0 Å². The Labute approximate surface area is 94.4 Å². The van der Waals surface area contributed by atoms with Gasteiger partial charge in [-0.3, -0.25) is 4.79 Å². The van der Waals surface area contributed by atoms with Gasteiger partial charge in [0.25, 0.3) is 0 Å². The van der Waals surface area contributed by atoms with Gasteiger partial charge in [-0.05, 0) is 30.9 Å². The van der Waals surface area contributed by atoms with E-state index in [0.29, 0.717) is 6.54 Å². The normalized spacial score (nSPS) is 12.2. The molecule has 0 bridgehead atoms. The number of nitrogens with one attached hydrogen (secondary N) is 1. The fourth-order valence-corrected chi connectivity index (χ4v) is 1.35. The largest absolute Gasteiger partial charge is 0.326 e. The number of amides is 1. The van der Waals surface area contributed by atoms with Crippen molar-refractivity contribution in [2.24, 2.45) is 5.73 Å². The van der Waals surface area contributed by atoms with Crippen molar-refractivity contribution in [3.8, 4) is 0 Å². The average Bonchev–Trinajstić information content (AvgIpc) is 2.29. The topological polar surface area (TPSA) is 55.1 Å². The van der Waals surface area contributed by atoms with Crippen molar-refractivity contribution in [2.45, 2.75) is 18.7 Å². The minimum absolute atomic E-state index is 0.0285. The van der Waals surface area contributed by atoms with Crippen LogP contribution in [-0.4, -0.2) is 17.4 Å². The number of carbonyl (C=O) groups excluding carboxylic acids is 1. The molecular weight excluding hydrogens is 208 g/mol. The van der Waals surface area contributed by atoms with Crippen LogP contribution in [0.15, 0.2) is 24.3 Å². The Kier molecular flexibility index (Phi) is 4.65. The van der Waals surface area contributed by atoms with Crippen molar-refractivity contribution in [1.29, 1.82) is 0 Å². The van der Waals surface area contributed by atoms with E-state index >= 15 is 0 Å². The molecule has 0 saturated carbocycles.